The van der Waals surface area contributed by atoms with Crippen molar-refractivity contribution in [3.63, 3.8) is 0 Å². The molecule has 0 amide bonds. The number of nitrogens with zero attached hydrogens (tertiary/aromatic N) is 2. The van der Waals surface area contributed by atoms with Crippen molar-refractivity contribution in [2.75, 3.05) is 52.4 Å². The van der Waals surface area contributed by atoms with Gasteiger partial charge in [-0.3, -0.25) is 0 Å². The second-order valence-corrected chi connectivity index (χ2v) is 11.4. The van der Waals surface area contributed by atoms with Gasteiger partial charge in [0.25, 0.3) is 0 Å². The molecule has 0 aromatic heterocycles. The van der Waals surface area contributed by atoms with E-state index in [1.807, 2.05) is 0 Å². The summed E-state index contributed by atoms with van der Waals surface area (Å²) >= 11 is 0. The summed E-state index contributed by atoms with van der Waals surface area (Å²) in [5.74, 6) is -2.84. The van der Waals surface area contributed by atoms with Crippen molar-refractivity contribution in [3.05, 3.63) is 59.7 Å². The predicted molar refractivity (Wildman–Crippen MR) is 172 cm³/mol. The Kier molecular flexibility index (Phi) is 53.5. The summed E-state index contributed by atoms with van der Waals surface area (Å²) in [7, 11) is -9.02. The van der Waals surface area contributed by atoms with E-state index in [2.05, 4.69) is 21.3 Å². The third kappa shape index (κ3) is 38.6. The molecule has 1 radical (unpaired) electrons. The Balaban J connectivity index is -0.0000000819. The van der Waals surface area contributed by atoms with Crippen LogP contribution in [-0.4, -0.2) is 90.2 Å². The van der Waals surface area contributed by atoms with Crippen LogP contribution in [0.5, 0.6) is 0 Å². The minimum absolute atomic E-state index is 0. The first kappa shape index (κ1) is 67.5. The van der Waals surface area contributed by atoms with Crippen molar-refractivity contribution < 1.29 is 115 Å². The van der Waals surface area contributed by atoms with Gasteiger partial charge in [-0.25, -0.2) is 16.8 Å². The molecule has 10 N–H and O–H groups in total. The molecule has 0 atom stereocenters. The second-order valence-electron chi connectivity index (χ2n) is 8.69. The van der Waals surface area contributed by atoms with Gasteiger partial charge in [0.05, 0.1) is 33.9 Å². The number of hydrogen-bond donors (Lipinski definition) is 4. The Morgan fingerprint density at radius 3 is 0.923 bits per heavy atom. The van der Waals surface area contributed by atoms with Crippen LogP contribution in [0.2, 0.25) is 0 Å². The number of benzene rings is 2. The van der Waals surface area contributed by atoms with E-state index in [4.69, 9.17) is 10.5 Å². The zero-order valence-electron chi connectivity index (χ0n) is 28.3. The van der Waals surface area contributed by atoms with Gasteiger partial charge in [0.1, 0.15) is 20.2 Å². The smallest absolute Gasteiger partial charge is 2.00 e. The molecule has 20 nitrogen and oxygen atoms in total. The summed E-state index contributed by atoms with van der Waals surface area (Å²) in [6.45, 7) is 11.7. The maximum Gasteiger partial charge on any atom is 3.00 e. The van der Waals surface area contributed by atoms with E-state index in [0.29, 0.717) is 0 Å². The van der Waals surface area contributed by atoms with Crippen molar-refractivity contribution in [1.29, 1.82) is 10.5 Å². The van der Waals surface area contributed by atoms with Gasteiger partial charge < -0.3 is 72.1 Å². The van der Waals surface area contributed by atoms with Crippen LogP contribution in [0.15, 0.2) is 58.3 Å². The van der Waals surface area contributed by atoms with Crippen LogP contribution in [0.1, 0.15) is 47.4 Å². The maximum absolute atomic E-state index is 10.4. The van der Waals surface area contributed by atoms with Crippen LogP contribution in [-0.2, 0) is 58.6 Å². The predicted octanol–water partition coefficient (Wildman–Crippen LogP) is -3.98. The van der Waals surface area contributed by atoms with Gasteiger partial charge in [0.2, 0.25) is 0 Å². The van der Waals surface area contributed by atoms with E-state index in [1.54, 1.807) is 12.1 Å². The number of carbonyl (C=O) groups excluding carboxylic acids is 2. The van der Waals surface area contributed by atoms with E-state index >= 15 is 0 Å². The van der Waals surface area contributed by atoms with Crippen molar-refractivity contribution in [2.24, 2.45) is 0 Å². The van der Waals surface area contributed by atoms with Crippen LogP contribution in [0, 0.1) is 53.8 Å². The average Bonchev–Trinajstić information content (AvgIpc) is 2.99. The van der Waals surface area contributed by atoms with Crippen LogP contribution < -0.4 is 31.5 Å². The molecule has 1 aliphatic heterocycles. The minimum Gasteiger partial charge on any atom is -2.00 e. The van der Waals surface area contributed by atoms with E-state index < -0.39 is 42.0 Å². The average molecular weight is 1050 g/mol. The topological polar surface area (TPSA) is 413 Å². The molecular formula is C28H44N6NiO14S2U-3. The molecule has 2 aromatic rings. The molecule has 52 heavy (non-hydrogen) atoms. The maximum atomic E-state index is 10.4. The number of carboxylic acid groups (broad SMARTS) is 2. The first-order chi connectivity index (χ1) is 21.6. The van der Waals surface area contributed by atoms with E-state index in [0.717, 1.165) is 101 Å². The van der Waals surface area contributed by atoms with Gasteiger partial charge in [-0.15, -0.1) is 0 Å². The number of aromatic carboxylic acids is 2. The second kappa shape index (κ2) is 41.2. The monoisotopic (exact) mass is 1050 g/mol. The summed E-state index contributed by atoms with van der Waals surface area (Å²) in [5, 5.41) is 48.8. The molecule has 24 heteroatoms. The first-order valence-corrected chi connectivity index (χ1v) is 16.5. The standard InChI is InChI=1S/C10H24N4.2C7H6O5S.2C2H3N.Ni.2H2O.2O.U/c1-3-11-7-9-13-5-2-6-14-10-8-12-4-1;2*8-7(9)5-1-3-6(4-2-5)13(10,11)12;2*1-2-3;;;;;;/h11-14H,1-10H2;2*1-4H,(H,8,9)(H,10,11,12);2*1H3;;2*1H2;;;/q;;;;;+3;;;2*-2;/p-2. The molecule has 1 fully saturated rings. The first-order valence-electron chi connectivity index (χ1n) is 13.6. The van der Waals surface area contributed by atoms with Gasteiger partial charge in [-0.1, -0.05) is 24.3 Å². The van der Waals surface area contributed by atoms with Crippen LogP contribution >= 0.6 is 0 Å². The van der Waals surface area contributed by atoms with Crippen molar-refractivity contribution in [2.45, 2.75) is 36.5 Å². The molecule has 0 aliphatic carbocycles. The molecule has 1 heterocycles. The number of carboxylic acids is 2. The third-order valence-electron chi connectivity index (χ3n) is 5.13. The van der Waals surface area contributed by atoms with Crippen LogP contribution in [0.3, 0.4) is 0 Å². The Morgan fingerprint density at radius 1 is 0.577 bits per heavy atom. The Labute approximate surface area is 337 Å². The zero-order chi connectivity index (χ0) is 35.4. The van der Waals surface area contributed by atoms with Gasteiger partial charge in [-0.05, 0) is 74.4 Å². The number of rotatable bonds is 4. The summed E-state index contributed by atoms with van der Waals surface area (Å²) in [4.78, 5) is 19.5. The molecule has 2 aromatic carbocycles. The number of nitriles is 2. The van der Waals surface area contributed by atoms with Gasteiger partial charge in [0, 0.05) is 71.1 Å². The molecule has 3 rings (SSSR count). The van der Waals surface area contributed by atoms with E-state index in [-0.39, 0.29) is 80.6 Å². The number of nitrogens with one attached hydrogen (secondary N) is 4. The molecule has 0 unspecified atom stereocenters. The Morgan fingerprint density at radius 2 is 0.769 bits per heavy atom. The fourth-order valence-electron chi connectivity index (χ4n) is 3.05. The fourth-order valence-corrected chi connectivity index (χ4v) is 3.98. The Bertz CT molecular complexity index is 1310. The molecule has 1 aliphatic rings. The summed E-state index contributed by atoms with van der Waals surface area (Å²) in [6.07, 6.45) is 2.44. The summed E-state index contributed by atoms with van der Waals surface area (Å²) < 4.78 is 62.4. The normalized spacial score (nSPS) is 12.3. The van der Waals surface area contributed by atoms with Gasteiger partial charge in [-0.2, -0.15) is 10.5 Å². The molecule has 0 bridgehead atoms. The quantitative estimate of drug-likeness (QED) is 0.129. The zero-order valence-corrected chi connectivity index (χ0v) is 35.1. The number of hydrogen-bond acceptors (Lipinski definition) is 16. The Hall–Kier alpha value is -2.59. The van der Waals surface area contributed by atoms with Crippen molar-refractivity contribution >= 4 is 32.2 Å². The largest absolute Gasteiger partial charge is 3.00 e. The van der Waals surface area contributed by atoms with Crippen molar-refractivity contribution in [3.8, 4) is 12.1 Å². The fraction of sp³-hybridized carbons (Fsp3) is 0.429. The minimum atomic E-state index is -4.51. The van der Waals surface area contributed by atoms with Crippen molar-refractivity contribution in [1.82, 2.24) is 21.3 Å². The van der Waals surface area contributed by atoms with Gasteiger partial charge >= 0.3 is 16.5 Å². The van der Waals surface area contributed by atoms with Crippen LogP contribution in [0.4, 0.5) is 0 Å². The summed E-state index contributed by atoms with van der Waals surface area (Å²) in [5.41, 5.74) is -0.347. The molecule has 1 saturated heterocycles. The molecule has 0 saturated carbocycles. The van der Waals surface area contributed by atoms with Crippen LogP contribution in [0.25, 0.3) is 0 Å². The SMILES string of the molecule is C1CNCCNCCCNCCNC1.CC#N.CC#N.O=C([O-])c1ccc(S(=O)(=O)[O-])cc1.O=C([O-])c1ccc(S(=O)(=O)[O-])cc1.[Ni+3].[O-2].[O-2].[OH3+].[OH3+].[U]. The third-order valence-corrected chi connectivity index (χ3v) is 6.83. The van der Waals surface area contributed by atoms with E-state index in [9.17, 15) is 45.7 Å². The number of carbonyl (C=O) groups is 2. The summed E-state index contributed by atoms with van der Waals surface area (Å²) in [6, 6.07) is 11.2. The molecule has 299 valence electrons. The molecular weight excluding hydrogens is 1010 g/mol. The van der Waals surface area contributed by atoms with Gasteiger partial charge in [0.15, 0.2) is 0 Å². The van der Waals surface area contributed by atoms with E-state index in [1.165, 1.54) is 26.7 Å². The molecule has 0 spiro atoms.